The van der Waals surface area contributed by atoms with Gasteiger partial charge in [-0.1, -0.05) is 23.7 Å². The molecular weight excluding hydrogens is 424 g/mol. The van der Waals surface area contributed by atoms with Crippen LogP contribution < -0.4 is 10.6 Å². The topological polar surface area (TPSA) is 66.4 Å². The fraction of sp³-hybridized carbons (Fsp3) is 0.280. The minimum atomic E-state index is -0.0670. The second kappa shape index (κ2) is 9.59. The van der Waals surface area contributed by atoms with Crippen molar-refractivity contribution in [3.8, 4) is 0 Å². The maximum Gasteiger partial charge on any atom is 0.321 e. The highest BCUT2D eigenvalue weighted by Gasteiger charge is 2.19. The maximum absolute atomic E-state index is 13.0. The molecule has 6 nitrogen and oxygen atoms in total. The second-order valence-electron chi connectivity index (χ2n) is 8.10. The molecule has 2 amide bonds. The zero-order valence-electron chi connectivity index (χ0n) is 18.3. The zero-order chi connectivity index (χ0) is 22.7. The molecule has 0 radical (unpaired) electrons. The number of urea groups is 1. The van der Waals surface area contributed by atoms with Gasteiger partial charge in [-0.2, -0.15) is 0 Å². The lowest BCUT2D eigenvalue weighted by Gasteiger charge is -2.27. The van der Waals surface area contributed by atoms with Crippen molar-refractivity contribution in [1.82, 2.24) is 14.8 Å². The predicted octanol–water partition coefficient (Wildman–Crippen LogP) is 4.25. The summed E-state index contributed by atoms with van der Waals surface area (Å²) in [5, 5.41) is 6.82. The smallest absolute Gasteiger partial charge is 0.321 e. The van der Waals surface area contributed by atoms with Gasteiger partial charge in [-0.05, 0) is 60.5 Å². The molecule has 4 rings (SSSR count). The lowest BCUT2D eigenvalue weighted by molar-refractivity contribution is 0.103. The van der Waals surface area contributed by atoms with Crippen molar-refractivity contribution in [1.29, 1.82) is 0 Å². The molecule has 0 saturated carbocycles. The summed E-state index contributed by atoms with van der Waals surface area (Å²) in [6, 6.07) is 16.8. The number of ketones is 1. The SMILES string of the molecule is Cc1cc(Cc2ccc(NC(=O)N3CCNCC3)cc2)n(C)c1C(=O)c1ccc(Cl)cc1. The van der Waals surface area contributed by atoms with Crippen LogP contribution in [0.3, 0.4) is 0 Å². The highest BCUT2D eigenvalue weighted by atomic mass is 35.5. The Kier molecular flexibility index (Phi) is 6.63. The van der Waals surface area contributed by atoms with Gasteiger partial charge in [0.05, 0.1) is 5.69 Å². The van der Waals surface area contributed by atoms with Crippen LogP contribution in [0.25, 0.3) is 0 Å². The Labute approximate surface area is 193 Å². The predicted molar refractivity (Wildman–Crippen MR) is 128 cm³/mol. The summed E-state index contributed by atoms with van der Waals surface area (Å²) >= 11 is 5.95. The van der Waals surface area contributed by atoms with Crippen molar-refractivity contribution in [3.05, 3.63) is 87.7 Å². The van der Waals surface area contributed by atoms with Gasteiger partial charge in [0.2, 0.25) is 5.78 Å². The first-order chi connectivity index (χ1) is 15.4. The summed E-state index contributed by atoms with van der Waals surface area (Å²) in [5.74, 6) is -0.0149. The van der Waals surface area contributed by atoms with Crippen LogP contribution in [0, 0.1) is 6.92 Å². The van der Waals surface area contributed by atoms with Crippen molar-refractivity contribution in [2.24, 2.45) is 7.05 Å². The summed E-state index contributed by atoms with van der Waals surface area (Å²) < 4.78 is 1.96. The van der Waals surface area contributed by atoms with E-state index in [2.05, 4.69) is 16.7 Å². The highest BCUT2D eigenvalue weighted by molar-refractivity contribution is 6.30. The van der Waals surface area contributed by atoms with Gasteiger partial charge in [-0.25, -0.2) is 4.79 Å². The van der Waals surface area contributed by atoms with Crippen molar-refractivity contribution < 1.29 is 9.59 Å². The fourth-order valence-corrected chi connectivity index (χ4v) is 4.17. The van der Waals surface area contributed by atoms with E-state index in [1.54, 1.807) is 24.3 Å². The first-order valence-electron chi connectivity index (χ1n) is 10.7. The molecule has 2 aromatic carbocycles. The molecule has 0 atom stereocenters. The van der Waals surface area contributed by atoms with Crippen LogP contribution in [0.1, 0.15) is 32.9 Å². The Morgan fingerprint density at radius 3 is 2.34 bits per heavy atom. The molecule has 2 heterocycles. The molecule has 32 heavy (non-hydrogen) atoms. The fourth-order valence-electron chi connectivity index (χ4n) is 4.05. The number of hydrogen-bond acceptors (Lipinski definition) is 3. The van der Waals surface area contributed by atoms with E-state index in [4.69, 9.17) is 11.6 Å². The van der Waals surface area contributed by atoms with Crippen LogP contribution in [-0.4, -0.2) is 47.5 Å². The van der Waals surface area contributed by atoms with E-state index in [-0.39, 0.29) is 11.8 Å². The summed E-state index contributed by atoms with van der Waals surface area (Å²) in [6.45, 7) is 5.04. The third-order valence-electron chi connectivity index (χ3n) is 5.84. The number of amides is 2. The minimum absolute atomic E-state index is 0.0149. The van der Waals surface area contributed by atoms with Gasteiger partial charge in [0.25, 0.3) is 0 Å². The van der Waals surface area contributed by atoms with Crippen LogP contribution in [-0.2, 0) is 13.5 Å². The first-order valence-corrected chi connectivity index (χ1v) is 11.1. The number of nitrogens with zero attached hydrogens (tertiary/aromatic N) is 2. The quantitative estimate of drug-likeness (QED) is 0.571. The number of rotatable bonds is 5. The molecule has 2 N–H and O–H groups in total. The number of aryl methyl sites for hydroxylation is 1. The molecule has 166 valence electrons. The van der Waals surface area contributed by atoms with Crippen molar-refractivity contribution in [3.63, 3.8) is 0 Å². The highest BCUT2D eigenvalue weighted by Crippen LogP contribution is 2.22. The van der Waals surface area contributed by atoms with E-state index < -0.39 is 0 Å². The van der Waals surface area contributed by atoms with Gasteiger partial charge in [0.1, 0.15) is 0 Å². The summed E-state index contributed by atoms with van der Waals surface area (Å²) in [7, 11) is 1.92. The van der Waals surface area contributed by atoms with E-state index in [0.717, 1.165) is 35.6 Å². The van der Waals surface area contributed by atoms with Crippen LogP contribution in [0.5, 0.6) is 0 Å². The third-order valence-corrected chi connectivity index (χ3v) is 6.09. The lowest BCUT2D eigenvalue weighted by Crippen LogP contribution is -2.48. The van der Waals surface area contributed by atoms with E-state index >= 15 is 0 Å². The van der Waals surface area contributed by atoms with E-state index in [0.29, 0.717) is 35.8 Å². The molecule has 0 unspecified atom stereocenters. The molecule has 3 aromatic rings. The summed E-state index contributed by atoms with van der Waals surface area (Å²) in [4.78, 5) is 27.2. The van der Waals surface area contributed by atoms with Gasteiger partial charge >= 0.3 is 6.03 Å². The number of hydrogen-bond donors (Lipinski definition) is 2. The molecule has 0 aliphatic carbocycles. The molecule has 7 heteroatoms. The number of piperazine rings is 1. The largest absolute Gasteiger partial charge is 0.344 e. The van der Waals surface area contributed by atoms with E-state index in [1.165, 1.54) is 0 Å². The minimum Gasteiger partial charge on any atom is -0.344 e. The second-order valence-corrected chi connectivity index (χ2v) is 8.54. The van der Waals surface area contributed by atoms with E-state index in [1.807, 2.05) is 47.7 Å². The molecular formula is C25H27ClN4O2. The molecule has 0 spiro atoms. The molecule has 1 aliphatic heterocycles. The molecule has 1 saturated heterocycles. The van der Waals surface area contributed by atoms with Gasteiger partial charge < -0.3 is 20.1 Å². The number of anilines is 1. The summed E-state index contributed by atoms with van der Waals surface area (Å²) in [5.41, 5.74) is 5.19. The monoisotopic (exact) mass is 450 g/mol. The Hall–Kier alpha value is -3.09. The molecule has 1 aromatic heterocycles. The number of carbonyl (C=O) groups is 2. The van der Waals surface area contributed by atoms with Gasteiger partial charge in [0.15, 0.2) is 0 Å². The Balaban J connectivity index is 1.45. The number of halogens is 1. The van der Waals surface area contributed by atoms with Gasteiger partial charge in [-0.3, -0.25) is 4.79 Å². The number of benzene rings is 2. The van der Waals surface area contributed by atoms with Crippen LogP contribution in [0.15, 0.2) is 54.6 Å². The van der Waals surface area contributed by atoms with E-state index in [9.17, 15) is 9.59 Å². The van der Waals surface area contributed by atoms with Crippen molar-refractivity contribution in [2.45, 2.75) is 13.3 Å². The standard InChI is InChI=1S/C25H27ClN4O2/c1-17-15-22(29(2)23(17)24(31)19-5-7-20(26)8-6-19)16-18-3-9-21(10-4-18)28-25(32)30-13-11-27-12-14-30/h3-10,15,27H,11-14,16H2,1-2H3,(H,28,32). The number of nitrogens with one attached hydrogen (secondary N) is 2. The molecule has 0 bridgehead atoms. The third kappa shape index (κ3) is 4.87. The molecule has 1 aliphatic rings. The average molecular weight is 451 g/mol. The summed E-state index contributed by atoms with van der Waals surface area (Å²) in [6.07, 6.45) is 0.692. The van der Waals surface area contributed by atoms with Crippen molar-refractivity contribution in [2.75, 3.05) is 31.5 Å². The maximum atomic E-state index is 13.0. The lowest BCUT2D eigenvalue weighted by atomic mass is 10.1. The zero-order valence-corrected chi connectivity index (χ0v) is 19.1. The van der Waals surface area contributed by atoms with Gasteiger partial charge in [0, 0.05) is 61.6 Å². The van der Waals surface area contributed by atoms with Crippen LogP contribution in [0.2, 0.25) is 5.02 Å². The number of aromatic nitrogens is 1. The normalized spacial score (nSPS) is 13.8. The Bertz CT molecular complexity index is 1110. The number of carbonyl (C=O) groups excluding carboxylic acids is 2. The first kappa shape index (κ1) is 22.1. The average Bonchev–Trinajstić information content (AvgIpc) is 3.08. The van der Waals surface area contributed by atoms with Crippen LogP contribution in [0.4, 0.5) is 10.5 Å². The van der Waals surface area contributed by atoms with Crippen molar-refractivity contribution >= 4 is 29.1 Å². The Morgan fingerprint density at radius 2 is 1.69 bits per heavy atom. The van der Waals surface area contributed by atoms with Crippen LogP contribution >= 0.6 is 11.6 Å². The molecule has 1 fully saturated rings. The Morgan fingerprint density at radius 1 is 1.03 bits per heavy atom. The van der Waals surface area contributed by atoms with Gasteiger partial charge in [-0.15, -0.1) is 0 Å².